The van der Waals surface area contributed by atoms with Crippen molar-refractivity contribution in [1.29, 1.82) is 0 Å². The van der Waals surface area contributed by atoms with E-state index in [1.54, 1.807) is 17.7 Å². The van der Waals surface area contributed by atoms with Gasteiger partial charge in [-0.1, -0.05) is 29.8 Å². The van der Waals surface area contributed by atoms with E-state index in [4.69, 9.17) is 4.74 Å². The van der Waals surface area contributed by atoms with Gasteiger partial charge in [-0.3, -0.25) is 9.20 Å². The van der Waals surface area contributed by atoms with Gasteiger partial charge in [-0.05, 0) is 67.2 Å². The average Bonchev–Trinajstić information content (AvgIpc) is 3.35. The van der Waals surface area contributed by atoms with Gasteiger partial charge in [-0.15, -0.1) is 11.3 Å². The molecule has 1 aliphatic heterocycles. The lowest BCUT2D eigenvalue weighted by atomic mass is 9.88. The van der Waals surface area contributed by atoms with Gasteiger partial charge in [0.05, 0.1) is 7.11 Å². The number of thiazole rings is 1. The molecule has 5 nitrogen and oxygen atoms in total. The first-order valence-corrected chi connectivity index (χ1v) is 12.7. The zero-order chi connectivity index (χ0) is 24.4. The number of nitrogens with zero attached hydrogens (tertiary/aromatic N) is 3. The van der Waals surface area contributed by atoms with Crippen molar-refractivity contribution in [2.75, 3.05) is 26.7 Å². The molecule has 1 aliphatic rings. The Balaban J connectivity index is 1.35. The van der Waals surface area contributed by atoms with Crippen molar-refractivity contribution >= 4 is 21.9 Å². The smallest absolute Gasteiger partial charge is 0.261 e. The van der Waals surface area contributed by atoms with Gasteiger partial charge in [0.2, 0.25) is 0 Å². The number of piperidine rings is 1. The van der Waals surface area contributed by atoms with Crippen LogP contribution in [0.15, 0.2) is 70.5 Å². The Morgan fingerprint density at radius 3 is 2.37 bits per heavy atom. The van der Waals surface area contributed by atoms with Crippen molar-refractivity contribution in [3.05, 3.63) is 104 Å². The molecule has 180 valence electrons. The highest BCUT2D eigenvalue weighted by atomic mass is 32.1. The summed E-state index contributed by atoms with van der Waals surface area (Å²) in [6.07, 6.45) is 4.35. The van der Waals surface area contributed by atoms with E-state index in [1.807, 2.05) is 36.6 Å². The maximum absolute atomic E-state index is 13.6. The average molecular weight is 490 g/mol. The predicted octanol–water partition coefficient (Wildman–Crippen LogP) is 5.35. The lowest BCUT2D eigenvalue weighted by Gasteiger charge is -2.30. The quantitative estimate of drug-likeness (QED) is 0.366. The molecule has 0 atom stereocenters. The first-order chi connectivity index (χ1) is 17.0. The molecule has 0 unspecified atom stereocenters. The second-order valence-electron chi connectivity index (χ2n) is 8.84. The Morgan fingerprint density at radius 2 is 1.71 bits per heavy atom. The molecule has 0 spiro atoms. The Labute approximate surface area is 208 Å². The minimum Gasteiger partial charge on any atom is -0.497 e. The van der Waals surface area contributed by atoms with Crippen LogP contribution < -0.4 is 10.3 Å². The Hall–Kier alpha value is -3.29. The van der Waals surface area contributed by atoms with Crippen LogP contribution in [-0.4, -0.2) is 41.0 Å². The Bertz CT molecular complexity index is 1410. The normalized spacial score (nSPS) is 14.4. The number of halogens is 1. The summed E-state index contributed by atoms with van der Waals surface area (Å²) in [5, 5.41) is 1.90. The molecule has 5 rings (SSSR count). The second-order valence-corrected chi connectivity index (χ2v) is 9.72. The van der Waals surface area contributed by atoms with Gasteiger partial charge >= 0.3 is 0 Å². The highest BCUT2D eigenvalue weighted by Gasteiger charge is 2.20. The number of ether oxygens (including phenoxy) is 1. The minimum absolute atomic E-state index is 0.0458. The van der Waals surface area contributed by atoms with Gasteiger partial charge < -0.3 is 9.64 Å². The largest absolute Gasteiger partial charge is 0.497 e. The summed E-state index contributed by atoms with van der Waals surface area (Å²) < 4.78 is 20.6. The van der Waals surface area contributed by atoms with Crippen LogP contribution in [0.4, 0.5) is 4.39 Å². The highest BCUT2D eigenvalue weighted by molar-refractivity contribution is 7.15. The number of rotatable bonds is 6. The topological polar surface area (TPSA) is 46.8 Å². The molecule has 0 aliphatic carbocycles. The SMILES string of the molecule is COc1ccc(C(=C2CCN(CCc3c(C)nc4sccn4c3=O)CC2)c2ccc(F)cc2)cc1. The van der Waals surface area contributed by atoms with Gasteiger partial charge in [-0.25, -0.2) is 9.37 Å². The molecule has 2 aromatic heterocycles. The van der Waals surface area contributed by atoms with Crippen molar-refractivity contribution in [2.24, 2.45) is 0 Å². The third kappa shape index (κ3) is 4.92. The molecule has 0 radical (unpaired) electrons. The van der Waals surface area contributed by atoms with E-state index < -0.39 is 0 Å². The van der Waals surface area contributed by atoms with E-state index in [-0.39, 0.29) is 11.4 Å². The van der Waals surface area contributed by atoms with Crippen molar-refractivity contribution in [1.82, 2.24) is 14.3 Å². The summed E-state index contributed by atoms with van der Waals surface area (Å²) in [4.78, 5) is 20.6. The molecule has 0 saturated carbocycles. The molecule has 2 aromatic carbocycles. The zero-order valence-electron chi connectivity index (χ0n) is 20.0. The molecule has 0 N–H and O–H groups in total. The third-order valence-electron chi connectivity index (χ3n) is 6.77. The number of aryl methyl sites for hydroxylation is 1. The Morgan fingerprint density at radius 1 is 1.06 bits per heavy atom. The number of hydrogen-bond donors (Lipinski definition) is 0. The van der Waals surface area contributed by atoms with E-state index in [2.05, 4.69) is 22.0 Å². The van der Waals surface area contributed by atoms with E-state index >= 15 is 0 Å². The van der Waals surface area contributed by atoms with E-state index in [1.165, 1.54) is 34.6 Å². The van der Waals surface area contributed by atoms with Crippen LogP contribution in [0.5, 0.6) is 5.75 Å². The molecule has 1 fully saturated rings. The van der Waals surface area contributed by atoms with Gasteiger partial charge in [0.1, 0.15) is 11.6 Å². The monoisotopic (exact) mass is 489 g/mol. The summed E-state index contributed by atoms with van der Waals surface area (Å²) in [5.41, 5.74) is 6.35. The highest BCUT2D eigenvalue weighted by Crippen LogP contribution is 2.33. The molecular weight excluding hydrogens is 461 g/mol. The van der Waals surface area contributed by atoms with E-state index in [0.29, 0.717) is 6.42 Å². The number of likely N-dealkylation sites (tertiary alicyclic amines) is 1. The third-order valence-corrected chi connectivity index (χ3v) is 7.53. The molecule has 0 amide bonds. The van der Waals surface area contributed by atoms with Crippen molar-refractivity contribution in [3.8, 4) is 5.75 Å². The maximum atomic E-state index is 13.6. The molecule has 4 aromatic rings. The summed E-state index contributed by atoms with van der Waals surface area (Å²) in [6.45, 7) is 4.60. The van der Waals surface area contributed by atoms with Crippen molar-refractivity contribution in [3.63, 3.8) is 0 Å². The number of methoxy groups -OCH3 is 1. The number of benzene rings is 2. The first-order valence-electron chi connectivity index (χ1n) is 11.8. The summed E-state index contributed by atoms with van der Waals surface area (Å²) >= 11 is 1.48. The molecule has 3 heterocycles. The van der Waals surface area contributed by atoms with Crippen LogP contribution in [0.1, 0.15) is 35.2 Å². The van der Waals surface area contributed by atoms with Crippen LogP contribution in [0.25, 0.3) is 10.5 Å². The van der Waals surface area contributed by atoms with Gasteiger partial charge in [0.25, 0.3) is 5.56 Å². The fourth-order valence-corrected chi connectivity index (χ4v) is 5.57. The second kappa shape index (κ2) is 10.1. The lowest BCUT2D eigenvalue weighted by molar-refractivity contribution is 0.259. The molecule has 7 heteroatoms. The predicted molar refractivity (Wildman–Crippen MR) is 139 cm³/mol. The summed E-state index contributed by atoms with van der Waals surface area (Å²) in [5.74, 6) is 0.581. The van der Waals surface area contributed by atoms with Crippen molar-refractivity contribution in [2.45, 2.75) is 26.2 Å². The molecule has 1 saturated heterocycles. The van der Waals surface area contributed by atoms with Gasteiger partial charge in [0.15, 0.2) is 4.96 Å². The standard InChI is InChI=1S/C28H28FN3O2S/c1-19-25(27(33)32-17-18-35-28(32)30-19)13-16-31-14-11-22(12-15-31)26(20-3-7-23(29)8-4-20)21-5-9-24(34-2)10-6-21/h3-10,17-18H,11-16H2,1-2H3. The number of hydrogen-bond acceptors (Lipinski definition) is 5. The van der Waals surface area contributed by atoms with E-state index in [0.717, 1.165) is 65.6 Å². The van der Waals surface area contributed by atoms with Crippen LogP contribution in [0.2, 0.25) is 0 Å². The maximum Gasteiger partial charge on any atom is 0.261 e. The van der Waals surface area contributed by atoms with Crippen molar-refractivity contribution < 1.29 is 9.13 Å². The number of fused-ring (bicyclic) bond motifs is 1. The van der Waals surface area contributed by atoms with Crippen LogP contribution in [0.3, 0.4) is 0 Å². The minimum atomic E-state index is -0.232. The van der Waals surface area contributed by atoms with Crippen LogP contribution >= 0.6 is 11.3 Å². The molecule has 0 bridgehead atoms. The first kappa shape index (κ1) is 23.5. The fraction of sp³-hybridized carbons (Fsp3) is 0.286. The zero-order valence-corrected chi connectivity index (χ0v) is 20.8. The summed E-state index contributed by atoms with van der Waals surface area (Å²) in [6, 6.07) is 14.8. The van der Waals surface area contributed by atoms with Crippen LogP contribution in [-0.2, 0) is 6.42 Å². The fourth-order valence-electron chi connectivity index (χ4n) is 4.82. The van der Waals surface area contributed by atoms with E-state index in [9.17, 15) is 9.18 Å². The summed E-state index contributed by atoms with van der Waals surface area (Å²) in [7, 11) is 1.66. The van der Waals surface area contributed by atoms with Crippen LogP contribution in [0, 0.1) is 12.7 Å². The number of aromatic nitrogens is 2. The molecule has 35 heavy (non-hydrogen) atoms. The Kier molecular flexibility index (Phi) is 6.79. The van der Waals surface area contributed by atoms with Gasteiger partial charge in [-0.2, -0.15) is 0 Å². The van der Waals surface area contributed by atoms with Gasteiger partial charge in [0, 0.05) is 42.5 Å². The lowest BCUT2D eigenvalue weighted by Crippen LogP contribution is -2.34. The molecular formula is C28H28FN3O2S.